The normalized spacial score (nSPS) is 13.7. The number of amides is 1. The Hall–Kier alpha value is -2.81. The zero-order chi connectivity index (χ0) is 21.6. The predicted molar refractivity (Wildman–Crippen MR) is 123 cm³/mol. The van der Waals surface area contributed by atoms with Gasteiger partial charge in [-0.3, -0.25) is 4.79 Å². The Morgan fingerprint density at radius 2 is 2.10 bits per heavy atom. The summed E-state index contributed by atoms with van der Waals surface area (Å²) in [5.41, 5.74) is 1.40. The van der Waals surface area contributed by atoms with Crippen LogP contribution < -0.4 is 15.0 Å². The van der Waals surface area contributed by atoms with Crippen molar-refractivity contribution in [2.24, 2.45) is 0 Å². The number of nitrogens with one attached hydrogen (secondary N) is 1. The molecule has 1 N–H and O–H groups in total. The second-order valence-electron chi connectivity index (χ2n) is 7.47. The van der Waals surface area contributed by atoms with Crippen molar-refractivity contribution < 1.29 is 9.53 Å². The van der Waals surface area contributed by atoms with Gasteiger partial charge >= 0.3 is 0 Å². The molecule has 164 valence electrons. The minimum absolute atomic E-state index is 0.137. The lowest BCUT2D eigenvalue weighted by atomic mass is 10.2. The van der Waals surface area contributed by atoms with Gasteiger partial charge < -0.3 is 15.0 Å². The van der Waals surface area contributed by atoms with Gasteiger partial charge in [0.25, 0.3) is 5.91 Å². The van der Waals surface area contributed by atoms with Crippen LogP contribution in [0.3, 0.4) is 0 Å². The van der Waals surface area contributed by atoms with Gasteiger partial charge in [0.1, 0.15) is 11.6 Å². The summed E-state index contributed by atoms with van der Waals surface area (Å²) in [7, 11) is 1.59. The standard InChI is InChI=1S/C22H28N6O2S/c1-3-13-31-22-25-19(27-10-4-5-11-27)18-15-24-28(20(18)26-22)12-9-23-21(29)16-7-6-8-17(14-16)30-2/h6-8,14-15H,3-5,9-13H2,1-2H3,(H,23,29). The Balaban J connectivity index is 1.50. The smallest absolute Gasteiger partial charge is 0.251 e. The van der Waals surface area contributed by atoms with E-state index in [1.807, 2.05) is 16.9 Å². The number of carbonyl (C=O) groups excluding carboxylic acids is 1. The molecule has 1 aliphatic rings. The molecule has 0 aliphatic carbocycles. The summed E-state index contributed by atoms with van der Waals surface area (Å²) in [6.45, 7) is 5.18. The zero-order valence-electron chi connectivity index (χ0n) is 18.0. The number of rotatable bonds is 9. The highest BCUT2D eigenvalue weighted by molar-refractivity contribution is 7.99. The van der Waals surface area contributed by atoms with Gasteiger partial charge in [-0.05, 0) is 37.5 Å². The molecule has 0 spiro atoms. The van der Waals surface area contributed by atoms with Crippen LogP contribution in [0.15, 0.2) is 35.6 Å². The minimum atomic E-state index is -0.137. The average molecular weight is 441 g/mol. The van der Waals surface area contributed by atoms with Crippen LogP contribution in [0, 0.1) is 0 Å². The predicted octanol–water partition coefficient (Wildman–Crippen LogP) is 3.37. The number of hydrogen-bond donors (Lipinski definition) is 1. The van der Waals surface area contributed by atoms with Gasteiger partial charge in [0.2, 0.25) is 0 Å². The first-order valence-electron chi connectivity index (χ1n) is 10.7. The third kappa shape index (κ3) is 4.92. The van der Waals surface area contributed by atoms with Crippen LogP contribution in [0.2, 0.25) is 0 Å². The second-order valence-corrected chi connectivity index (χ2v) is 8.53. The summed E-state index contributed by atoms with van der Waals surface area (Å²) in [5, 5.41) is 9.27. The van der Waals surface area contributed by atoms with Crippen LogP contribution in [0.1, 0.15) is 36.5 Å². The molecule has 0 unspecified atom stereocenters. The number of benzene rings is 1. The van der Waals surface area contributed by atoms with Crippen molar-refractivity contribution in [1.29, 1.82) is 0 Å². The Labute approximate surface area is 186 Å². The van der Waals surface area contributed by atoms with E-state index < -0.39 is 0 Å². The maximum atomic E-state index is 12.5. The first-order valence-corrected chi connectivity index (χ1v) is 11.7. The number of thioether (sulfide) groups is 1. The van der Waals surface area contributed by atoms with Gasteiger partial charge in [0.05, 0.1) is 25.2 Å². The van der Waals surface area contributed by atoms with Crippen molar-refractivity contribution >= 4 is 34.5 Å². The van der Waals surface area contributed by atoms with Gasteiger partial charge in [-0.2, -0.15) is 5.10 Å². The molecule has 0 saturated carbocycles. The number of anilines is 1. The van der Waals surface area contributed by atoms with E-state index in [1.165, 1.54) is 12.8 Å². The summed E-state index contributed by atoms with van der Waals surface area (Å²) in [6.07, 6.45) is 5.29. The average Bonchev–Trinajstić information content (AvgIpc) is 3.48. The summed E-state index contributed by atoms with van der Waals surface area (Å²) in [6, 6.07) is 7.12. The van der Waals surface area contributed by atoms with E-state index in [1.54, 1.807) is 37.1 Å². The van der Waals surface area contributed by atoms with Crippen LogP contribution >= 0.6 is 11.8 Å². The molecule has 3 heterocycles. The zero-order valence-corrected chi connectivity index (χ0v) is 18.8. The fourth-order valence-corrected chi connectivity index (χ4v) is 4.34. The van der Waals surface area contributed by atoms with E-state index in [9.17, 15) is 4.79 Å². The fraction of sp³-hybridized carbons (Fsp3) is 0.455. The van der Waals surface area contributed by atoms with Crippen LogP contribution in [0.25, 0.3) is 11.0 Å². The van der Waals surface area contributed by atoms with Gasteiger partial charge in [-0.1, -0.05) is 24.8 Å². The maximum Gasteiger partial charge on any atom is 0.251 e. The van der Waals surface area contributed by atoms with Gasteiger partial charge in [-0.25, -0.2) is 14.6 Å². The van der Waals surface area contributed by atoms with Crippen LogP contribution in [0.4, 0.5) is 5.82 Å². The lowest BCUT2D eigenvalue weighted by Crippen LogP contribution is -2.27. The molecule has 1 aromatic carbocycles. The monoisotopic (exact) mass is 440 g/mol. The molecular formula is C22H28N6O2S. The Morgan fingerprint density at radius 3 is 2.87 bits per heavy atom. The summed E-state index contributed by atoms with van der Waals surface area (Å²) in [4.78, 5) is 24.4. The highest BCUT2D eigenvalue weighted by Crippen LogP contribution is 2.29. The van der Waals surface area contributed by atoms with Crippen molar-refractivity contribution in [2.75, 3.05) is 37.4 Å². The number of methoxy groups -OCH3 is 1. The number of aromatic nitrogens is 4. The molecule has 8 nitrogen and oxygen atoms in total. The van der Waals surface area contributed by atoms with Crippen molar-refractivity contribution in [1.82, 2.24) is 25.1 Å². The van der Waals surface area contributed by atoms with E-state index in [0.717, 1.165) is 47.3 Å². The number of hydrogen-bond acceptors (Lipinski definition) is 7. The maximum absolute atomic E-state index is 12.5. The van der Waals surface area contributed by atoms with Crippen LogP contribution in [0.5, 0.6) is 5.75 Å². The molecular weight excluding hydrogens is 412 g/mol. The molecule has 9 heteroatoms. The Bertz CT molecular complexity index is 1050. The van der Waals surface area contributed by atoms with Gasteiger partial charge in [-0.15, -0.1) is 0 Å². The van der Waals surface area contributed by atoms with E-state index >= 15 is 0 Å². The Kier molecular flexibility index (Phi) is 6.91. The van der Waals surface area contributed by atoms with Gasteiger partial charge in [0, 0.05) is 31.0 Å². The third-order valence-electron chi connectivity index (χ3n) is 5.24. The fourth-order valence-electron chi connectivity index (χ4n) is 3.65. The Morgan fingerprint density at radius 1 is 1.26 bits per heavy atom. The molecule has 1 aliphatic heterocycles. The third-order valence-corrected chi connectivity index (χ3v) is 6.29. The minimum Gasteiger partial charge on any atom is -0.497 e. The van der Waals surface area contributed by atoms with Crippen LogP contribution in [-0.4, -0.2) is 58.2 Å². The first-order chi connectivity index (χ1) is 15.2. The van der Waals surface area contributed by atoms with E-state index in [0.29, 0.717) is 24.4 Å². The van der Waals surface area contributed by atoms with E-state index in [-0.39, 0.29) is 5.91 Å². The van der Waals surface area contributed by atoms with Crippen molar-refractivity contribution in [2.45, 2.75) is 37.9 Å². The van der Waals surface area contributed by atoms with Crippen molar-refractivity contribution in [3.63, 3.8) is 0 Å². The summed E-state index contributed by atoms with van der Waals surface area (Å²) >= 11 is 1.68. The lowest BCUT2D eigenvalue weighted by molar-refractivity contribution is 0.0951. The summed E-state index contributed by atoms with van der Waals surface area (Å²) < 4.78 is 7.05. The molecule has 4 rings (SSSR count). The number of fused-ring (bicyclic) bond motifs is 1. The van der Waals surface area contributed by atoms with Crippen molar-refractivity contribution in [3.8, 4) is 5.75 Å². The lowest BCUT2D eigenvalue weighted by Gasteiger charge is -2.18. The molecule has 1 amide bonds. The molecule has 31 heavy (non-hydrogen) atoms. The quantitative estimate of drug-likeness (QED) is 0.403. The van der Waals surface area contributed by atoms with Crippen molar-refractivity contribution in [3.05, 3.63) is 36.0 Å². The largest absolute Gasteiger partial charge is 0.497 e. The summed E-state index contributed by atoms with van der Waals surface area (Å²) in [5.74, 6) is 2.49. The second kappa shape index (κ2) is 10.00. The molecule has 0 bridgehead atoms. The van der Waals surface area contributed by atoms with E-state index in [2.05, 4.69) is 22.2 Å². The molecule has 3 aromatic rings. The van der Waals surface area contributed by atoms with E-state index in [4.69, 9.17) is 14.7 Å². The number of ether oxygens (including phenoxy) is 1. The molecule has 0 radical (unpaired) electrons. The molecule has 1 saturated heterocycles. The highest BCUT2D eigenvalue weighted by atomic mass is 32.2. The first kappa shape index (κ1) is 21.4. The molecule has 0 atom stereocenters. The topological polar surface area (TPSA) is 85.2 Å². The number of nitrogens with zero attached hydrogens (tertiary/aromatic N) is 5. The highest BCUT2D eigenvalue weighted by Gasteiger charge is 2.21. The SMILES string of the molecule is CCCSc1nc(N2CCCC2)c2cnn(CCNC(=O)c3cccc(OC)c3)c2n1. The molecule has 1 fully saturated rings. The van der Waals surface area contributed by atoms with Crippen LogP contribution in [-0.2, 0) is 6.54 Å². The van der Waals surface area contributed by atoms with Gasteiger partial charge in [0.15, 0.2) is 10.8 Å². The number of carbonyl (C=O) groups is 1. The molecule has 2 aromatic heterocycles.